The first-order valence-corrected chi connectivity index (χ1v) is 22.3. The van der Waals surface area contributed by atoms with E-state index >= 15 is 4.39 Å². The Bertz CT molecular complexity index is 3340. The van der Waals surface area contributed by atoms with Gasteiger partial charge in [-0.15, -0.1) is 11.3 Å². The van der Waals surface area contributed by atoms with E-state index in [2.05, 4.69) is 149 Å². The monoisotopic (exact) mass is 780 g/mol. The summed E-state index contributed by atoms with van der Waals surface area (Å²) in [6, 6.07) is 62.0. The fourth-order valence-electron chi connectivity index (χ4n) is 9.62. The van der Waals surface area contributed by atoms with E-state index in [9.17, 15) is 0 Å². The predicted molar refractivity (Wildman–Crippen MR) is 242 cm³/mol. The van der Waals surface area contributed by atoms with E-state index in [1.807, 2.05) is 66.3 Å². The molecule has 1 aliphatic heterocycles. The molecule has 0 spiro atoms. The summed E-state index contributed by atoms with van der Waals surface area (Å²) in [5.74, 6) is 0.793. The molecule has 0 aliphatic carbocycles. The Labute approximate surface area is 338 Å². The van der Waals surface area contributed by atoms with Crippen LogP contribution in [0.1, 0.15) is 17.3 Å². The third kappa shape index (κ3) is 4.65. The summed E-state index contributed by atoms with van der Waals surface area (Å²) in [6.45, 7) is 0. The van der Waals surface area contributed by atoms with Gasteiger partial charge in [-0.2, -0.15) is 0 Å². The van der Waals surface area contributed by atoms with Gasteiger partial charge in [0.1, 0.15) is 11.5 Å². The normalized spacial score (nSPS) is 14.0. The molecule has 7 aromatic carbocycles. The van der Waals surface area contributed by atoms with Crippen molar-refractivity contribution in [2.75, 3.05) is 4.90 Å². The van der Waals surface area contributed by atoms with Crippen LogP contribution in [0.5, 0.6) is 0 Å². The Hall–Kier alpha value is -6.93. The maximum absolute atomic E-state index is 17.5. The summed E-state index contributed by atoms with van der Waals surface area (Å²) in [6.07, 6.45) is 4.25. The molecule has 0 radical (unpaired) electrons. The molecule has 0 N–H and O–H groups in total. The zero-order chi connectivity index (χ0) is 38.4. The quantitative estimate of drug-likeness (QED) is 0.129. The number of imidazole rings is 1. The van der Waals surface area contributed by atoms with Gasteiger partial charge in [0.25, 0.3) is 0 Å². The molecule has 0 amide bonds. The van der Waals surface area contributed by atoms with Gasteiger partial charge in [0.05, 0.1) is 5.52 Å². The first-order valence-electron chi connectivity index (χ1n) is 19.5. The molecular weight excluding hydrogens is 748 g/mol. The summed E-state index contributed by atoms with van der Waals surface area (Å²) in [5.41, 5.74) is 5.11. The van der Waals surface area contributed by atoms with Gasteiger partial charge in [0.2, 0.25) is 0 Å². The topological polar surface area (TPSA) is 33.4 Å². The van der Waals surface area contributed by atoms with Crippen molar-refractivity contribution >= 4 is 105 Å². The number of halogens is 1. The van der Waals surface area contributed by atoms with Crippen molar-refractivity contribution < 1.29 is 4.39 Å². The van der Waals surface area contributed by atoms with Crippen LogP contribution in [0.2, 0.25) is 0 Å². The van der Waals surface area contributed by atoms with Gasteiger partial charge < -0.3 is 0 Å². The number of benzene rings is 7. The number of hydrogen-bond acceptors (Lipinski definition) is 4. The van der Waals surface area contributed by atoms with E-state index in [1.165, 1.54) is 40.9 Å². The van der Waals surface area contributed by atoms with Crippen molar-refractivity contribution in [1.82, 2.24) is 14.4 Å². The Kier molecular flexibility index (Phi) is 7.33. The molecule has 12 rings (SSSR count). The summed E-state index contributed by atoms with van der Waals surface area (Å²) < 4.78 is 22.2. The van der Waals surface area contributed by atoms with E-state index in [4.69, 9.17) is 9.97 Å². The molecule has 1 atom stereocenters. The number of para-hydroxylation sites is 1. The summed E-state index contributed by atoms with van der Waals surface area (Å²) >= 11 is 1.87. The second-order valence-corrected chi connectivity index (χ2v) is 19.8. The highest BCUT2D eigenvalue weighted by Gasteiger charge is 2.50. The van der Waals surface area contributed by atoms with Gasteiger partial charge in [-0.05, 0) is 79.7 Å². The number of anilines is 3. The van der Waals surface area contributed by atoms with Gasteiger partial charge in [-0.25, -0.2) is 14.4 Å². The highest BCUT2D eigenvalue weighted by atomic mass is 32.1. The number of aromatic nitrogens is 3. The smallest absolute Gasteiger partial charge is 0.185 e. The molecule has 7 heteroatoms. The fourth-order valence-corrected chi connectivity index (χ4v) is 16.5. The molecule has 274 valence electrons. The Balaban J connectivity index is 1.15. The number of thiophene rings is 1. The maximum Gasteiger partial charge on any atom is 0.185 e. The number of hydrogen-bond donors (Lipinski definition) is 0. The highest BCUT2D eigenvalue weighted by molar-refractivity contribution is 7.31. The van der Waals surface area contributed by atoms with Crippen LogP contribution in [-0.4, -0.2) is 22.4 Å². The van der Waals surface area contributed by atoms with E-state index in [1.54, 1.807) is 0 Å². The van der Waals surface area contributed by atoms with Crippen LogP contribution in [0.25, 0.3) is 47.5 Å². The third-order valence-electron chi connectivity index (χ3n) is 12.1. The lowest BCUT2D eigenvalue weighted by atomic mass is 9.97. The van der Waals surface area contributed by atoms with Crippen molar-refractivity contribution in [2.45, 2.75) is 6.17 Å². The number of pyridine rings is 2. The van der Waals surface area contributed by atoms with Crippen LogP contribution in [-0.2, 0) is 0 Å². The van der Waals surface area contributed by atoms with Crippen LogP contribution in [0.4, 0.5) is 21.6 Å². The van der Waals surface area contributed by atoms with Crippen molar-refractivity contribution in [3.05, 3.63) is 206 Å². The second kappa shape index (κ2) is 12.8. The average Bonchev–Trinajstić information content (AvgIpc) is 3.95. The molecule has 0 fully saturated rings. The lowest BCUT2D eigenvalue weighted by Crippen LogP contribution is -2.77. The molecule has 0 saturated carbocycles. The largest absolute Gasteiger partial charge is 0.299 e. The number of fused-ring (bicyclic) bond motifs is 12. The first kappa shape index (κ1) is 33.2. The third-order valence-corrected chi connectivity index (χ3v) is 18.3. The first-order chi connectivity index (χ1) is 28.7. The summed E-state index contributed by atoms with van der Waals surface area (Å²) in [5, 5.41) is 10.7. The van der Waals surface area contributed by atoms with Crippen LogP contribution < -0.4 is 25.6 Å². The Morgan fingerprint density at radius 3 is 2.02 bits per heavy atom. The average molecular weight is 781 g/mol. The van der Waals surface area contributed by atoms with Crippen molar-refractivity contribution in [2.24, 2.45) is 0 Å². The molecule has 1 aliphatic rings. The SMILES string of the molecule is FC(c1ccc2c(c1)N(c1ccccn1)c1ccc3c(sc4ccccc43)c1[Si]2(c1ccccc1)c1ccccc1)c1ccc2c3ccccc3n3ccnc3c2c1. The number of alkyl halides is 1. The lowest BCUT2D eigenvalue weighted by Gasteiger charge is -2.45. The zero-order valence-corrected chi connectivity index (χ0v) is 32.9. The van der Waals surface area contributed by atoms with E-state index in [0.717, 1.165) is 44.5 Å². The van der Waals surface area contributed by atoms with Gasteiger partial charge in [-0.3, -0.25) is 9.30 Å². The number of nitrogens with zero attached hydrogens (tertiary/aromatic N) is 4. The molecule has 0 bridgehead atoms. The van der Waals surface area contributed by atoms with Crippen LogP contribution >= 0.6 is 11.3 Å². The molecule has 11 aromatic rings. The van der Waals surface area contributed by atoms with Crippen LogP contribution in [0.3, 0.4) is 0 Å². The predicted octanol–water partition coefficient (Wildman–Crippen LogP) is 10.6. The molecular formula is C51H33FN4SSi. The van der Waals surface area contributed by atoms with Gasteiger partial charge in [-0.1, -0.05) is 133 Å². The second-order valence-electron chi connectivity index (χ2n) is 15.0. The number of rotatable bonds is 5. The lowest BCUT2D eigenvalue weighted by molar-refractivity contribution is 0.402. The molecule has 5 heterocycles. The van der Waals surface area contributed by atoms with Crippen LogP contribution in [0.15, 0.2) is 195 Å². The Morgan fingerprint density at radius 1 is 0.534 bits per heavy atom. The van der Waals surface area contributed by atoms with Gasteiger partial charge in [0, 0.05) is 60.9 Å². The maximum atomic E-state index is 17.5. The van der Waals surface area contributed by atoms with Crippen molar-refractivity contribution in [1.29, 1.82) is 0 Å². The van der Waals surface area contributed by atoms with E-state index in [-0.39, 0.29) is 0 Å². The van der Waals surface area contributed by atoms with E-state index < -0.39 is 14.2 Å². The zero-order valence-electron chi connectivity index (χ0n) is 31.1. The molecule has 0 saturated heterocycles. The standard InChI is InChI=1S/C51H33FN4SSi/c52-48(33-22-24-37-38-17-7-9-19-42(38)55-30-29-54-51(55)41(37)31-33)34-23-27-46-44(32-34)56(47-21-11-12-28-53-47)43-26-25-40-39-18-8-10-20-45(39)57-49(40)50(43)58(46,35-13-3-1-4-14-35)36-15-5-2-6-16-36/h1-32,48H. The molecule has 4 aromatic heterocycles. The minimum atomic E-state index is -3.09. The van der Waals surface area contributed by atoms with E-state index in [0.29, 0.717) is 11.1 Å². The highest BCUT2D eigenvalue weighted by Crippen LogP contribution is 2.44. The Morgan fingerprint density at radius 2 is 1.22 bits per heavy atom. The van der Waals surface area contributed by atoms with Crippen molar-refractivity contribution in [3.63, 3.8) is 0 Å². The minimum absolute atomic E-state index is 0.592. The van der Waals surface area contributed by atoms with Crippen LogP contribution in [0, 0.1) is 0 Å². The molecule has 4 nitrogen and oxygen atoms in total. The molecule has 58 heavy (non-hydrogen) atoms. The summed E-state index contributed by atoms with van der Waals surface area (Å²) in [4.78, 5) is 12.0. The van der Waals surface area contributed by atoms with Gasteiger partial charge >= 0.3 is 0 Å². The molecule has 1 unspecified atom stereocenters. The van der Waals surface area contributed by atoms with Crippen molar-refractivity contribution in [3.8, 4) is 0 Å². The minimum Gasteiger partial charge on any atom is -0.299 e. The summed E-state index contributed by atoms with van der Waals surface area (Å²) in [7, 11) is -3.09. The van der Waals surface area contributed by atoms with Gasteiger partial charge in [0.15, 0.2) is 14.2 Å². The fraction of sp³-hybridized carbons (Fsp3) is 0.0196.